The quantitative estimate of drug-likeness (QED) is 0.130. The molecule has 9 rings (SSSR count). The summed E-state index contributed by atoms with van der Waals surface area (Å²) in [4.78, 5) is 46.1. The van der Waals surface area contributed by atoms with Crippen molar-refractivity contribution in [1.82, 2.24) is 29.7 Å². The van der Waals surface area contributed by atoms with Crippen LogP contribution in [0.1, 0.15) is 95.2 Å². The van der Waals surface area contributed by atoms with Crippen LogP contribution in [0.4, 0.5) is 34.8 Å². The predicted octanol–water partition coefficient (Wildman–Crippen LogP) is 8.16. The Morgan fingerprint density at radius 3 is 2.45 bits per heavy atom. The number of aromatic nitrogens is 4. The van der Waals surface area contributed by atoms with Crippen LogP contribution in [0.15, 0.2) is 30.7 Å². The molecule has 0 spiro atoms. The molecule has 3 saturated carbocycles. The molecule has 4 aromatic rings. The first-order chi connectivity index (χ1) is 26.0. The number of piperidine rings is 1. The topological polar surface area (TPSA) is 108 Å². The van der Waals surface area contributed by atoms with Gasteiger partial charge < -0.3 is 20.1 Å². The molecule has 10 nitrogen and oxygen atoms in total. The second-order valence-corrected chi connectivity index (χ2v) is 17.7. The molecule has 0 bridgehead atoms. The lowest BCUT2D eigenvalue weighted by molar-refractivity contribution is -0.124. The molecule has 5 aliphatic rings. The van der Waals surface area contributed by atoms with Crippen LogP contribution in [0, 0.1) is 23.5 Å². The van der Waals surface area contributed by atoms with Crippen molar-refractivity contribution < 1.29 is 27.2 Å². The number of alkyl halides is 2. The number of carbonyl (C=O) groups excluding carboxylic acids is 2. The molecule has 0 radical (unpaired) electrons. The molecule has 2 aliphatic heterocycles. The van der Waals surface area contributed by atoms with Crippen LogP contribution >= 0.6 is 11.6 Å². The van der Waals surface area contributed by atoms with E-state index >= 15 is 8.78 Å². The number of halogens is 5. The van der Waals surface area contributed by atoms with E-state index in [9.17, 15) is 18.4 Å². The third kappa shape index (κ3) is 5.71. The number of likely N-dealkylation sites (tertiary alicyclic amines) is 1. The number of amides is 2. The highest BCUT2D eigenvalue weighted by Gasteiger charge is 2.57. The fourth-order valence-corrected chi connectivity index (χ4v) is 9.33. The van der Waals surface area contributed by atoms with Gasteiger partial charge in [0.05, 0.1) is 50.6 Å². The van der Waals surface area contributed by atoms with E-state index in [2.05, 4.69) is 27.4 Å². The lowest BCUT2D eigenvalue weighted by Crippen LogP contribution is -2.64. The molecule has 2 atom stereocenters. The van der Waals surface area contributed by atoms with Crippen molar-refractivity contribution in [3.05, 3.63) is 58.6 Å². The van der Waals surface area contributed by atoms with Gasteiger partial charge in [-0.15, -0.1) is 0 Å². The number of imidazole rings is 1. The van der Waals surface area contributed by atoms with Crippen LogP contribution < -0.4 is 15.5 Å². The largest absolute Gasteiger partial charge is 0.341 e. The van der Waals surface area contributed by atoms with Gasteiger partial charge in [0.15, 0.2) is 17.5 Å². The van der Waals surface area contributed by atoms with E-state index in [1.54, 1.807) is 18.6 Å². The van der Waals surface area contributed by atoms with Crippen LogP contribution in [-0.2, 0) is 10.2 Å². The Bertz CT molecular complexity index is 2280. The van der Waals surface area contributed by atoms with Gasteiger partial charge in [-0.25, -0.2) is 27.5 Å². The summed E-state index contributed by atoms with van der Waals surface area (Å²) in [7, 11) is 0. The van der Waals surface area contributed by atoms with Crippen molar-refractivity contribution in [2.75, 3.05) is 23.3 Å². The number of anilines is 3. The van der Waals surface area contributed by atoms with E-state index in [0.717, 1.165) is 49.5 Å². The minimum absolute atomic E-state index is 0.00258. The second-order valence-electron chi connectivity index (χ2n) is 17.4. The van der Waals surface area contributed by atoms with Crippen molar-refractivity contribution in [3.63, 3.8) is 0 Å². The highest BCUT2D eigenvalue weighted by atomic mass is 35.5. The number of pyridine rings is 2. The number of nitrogens with zero attached hydrogens (tertiary/aromatic N) is 6. The summed E-state index contributed by atoms with van der Waals surface area (Å²) in [6.07, 6.45) is 4.86. The summed E-state index contributed by atoms with van der Waals surface area (Å²) in [6, 6.07) is 4.59. The summed E-state index contributed by atoms with van der Waals surface area (Å²) in [5.74, 6) is -2.14. The molecule has 1 saturated heterocycles. The number of hydrogen-bond donors (Lipinski definition) is 2. The average molecular weight is 779 g/mol. The average Bonchev–Trinajstić information content (AvgIpc) is 4.04. The van der Waals surface area contributed by atoms with Crippen molar-refractivity contribution >= 4 is 51.6 Å². The van der Waals surface area contributed by atoms with E-state index in [1.165, 1.54) is 12.8 Å². The highest BCUT2D eigenvalue weighted by Crippen LogP contribution is 2.53. The van der Waals surface area contributed by atoms with E-state index < -0.39 is 51.2 Å². The normalized spacial score (nSPS) is 26.3. The molecule has 290 valence electrons. The molecule has 2 N–H and O–H groups in total. The zero-order valence-electron chi connectivity index (χ0n) is 31.3. The van der Waals surface area contributed by atoms with E-state index in [1.807, 2.05) is 43.2 Å². The number of fused-ring (bicyclic) bond motifs is 3. The van der Waals surface area contributed by atoms with Crippen LogP contribution in [0.2, 0.25) is 5.02 Å². The van der Waals surface area contributed by atoms with Crippen molar-refractivity contribution in [2.45, 2.75) is 108 Å². The van der Waals surface area contributed by atoms with Crippen molar-refractivity contribution in [2.24, 2.45) is 11.8 Å². The van der Waals surface area contributed by atoms with Gasteiger partial charge in [0.2, 0.25) is 5.91 Å². The summed E-state index contributed by atoms with van der Waals surface area (Å²) >= 11 is 6.08. The second kappa shape index (κ2) is 12.3. The maximum atomic E-state index is 15.6. The highest BCUT2D eigenvalue weighted by molar-refractivity contribution is 6.34. The van der Waals surface area contributed by atoms with Gasteiger partial charge in [0.1, 0.15) is 11.1 Å². The maximum Gasteiger partial charge on any atom is 0.261 e. The molecule has 5 heterocycles. The minimum atomic E-state index is -2.83. The van der Waals surface area contributed by atoms with Gasteiger partial charge in [-0.05, 0) is 110 Å². The van der Waals surface area contributed by atoms with Gasteiger partial charge in [-0.2, -0.15) is 0 Å². The van der Waals surface area contributed by atoms with Crippen LogP contribution in [-0.4, -0.2) is 72.9 Å². The molecule has 1 aromatic carbocycles. The summed E-state index contributed by atoms with van der Waals surface area (Å²) in [5, 5.41) is 4.31. The third-order valence-electron chi connectivity index (χ3n) is 12.9. The van der Waals surface area contributed by atoms with Crippen LogP contribution in [0.25, 0.3) is 22.3 Å². The standard InChI is InChI=1S/C40H43ClF4N8O2/c1-19(2)52-18-47-27-13-25(48-34(32(27)52)49-26-12-24(29(41)31(43)30(26)42)35(54)50-40(7-8-40)36(44)45)21-11-28-33(46-16-21)38(3,4)37(55)53(28)23-14-39(5,15-23)51-9-6-20-10-22(20)17-51/h11-13,16,18-20,22-23,36H,6-10,14-15,17H2,1-5H3,(H,48,49)(H,50,54)/t20?,22-,23-,39+/m1/s1. The molecule has 3 aromatic heterocycles. The lowest BCUT2D eigenvalue weighted by Gasteiger charge is -2.55. The predicted molar refractivity (Wildman–Crippen MR) is 201 cm³/mol. The summed E-state index contributed by atoms with van der Waals surface area (Å²) in [6.45, 7) is 12.2. The Labute approximate surface area is 321 Å². The molecule has 15 heteroatoms. The van der Waals surface area contributed by atoms with Crippen molar-refractivity contribution in [1.29, 1.82) is 0 Å². The maximum absolute atomic E-state index is 15.6. The monoisotopic (exact) mass is 778 g/mol. The first-order valence-corrected chi connectivity index (χ1v) is 19.4. The van der Waals surface area contributed by atoms with E-state index in [0.29, 0.717) is 28.0 Å². The lowest BCUT2D eigenvalue weighted by atomic mass is 9.71. The van der Waals surface area contributed by atoms with Gasteiger partial charge >= 0.3 is 0 Å². The van der Waals surface area contributed by atoms with Gasteiger partial charge in [-0.1, -0.05) is 11.6 Å². The minimum Gasteiger partial charge on any atom is -0.341 e. The zero-order valence-corrected chi connectivity index (χ0v) is 32.1. The summed E-state index contributed by atoms with van der Waals surface area (Å²) < 4.78 is 60.0. The number of benzene rings is 1. The Balaban J connectivity index is 1.07. The zero-order chi connectivity index (χ0) is 38.9. The molecule has 1 unspecified atom stereocenters. The summed E-state index contributed by atoms with van der Waals surface area (Å²) in [5.41, 5.74) is -0.127. The van der Waals surface area contributed by atoms with E-state index in [-0.39, 0.29) is 42.2 Å². The molecular weight excluding hydrogens is 736 g/mol. The number of carbonyl (C=O) groups is 2. The number of nitrogens with one attached hydrogen (secondary N) is 2. The molecule has 4 fully saturated rings. The van der Waals surface area contributed by atoms with Gasteiger partial charge in [0, 0.05) is 35.9 Å². The molecule has 3 aliphatic carbocycles. The molecule has 2 amide bonds. The Morgan fingerprint density at radius 2 is 1.78 bits per heavy atom. The molecule has 55 heavy (non-hydrogen) atoms. The molecular formula is C40H43ClF4N8O2. The van der Waals surface area contributed by atoms with Gasteiger partial charge in [0.25, 0.3) is 12.3 Å². The van der Waals surface area contributed by atoms with Gasteiger partial charge in [-0.3, -0.25) is 19.5 Å². The third-order valence-corrected chi connectivity index (χ3v) is 13.2. The van der Waals surface area contributed by atoms with Crippen molar-refractivity contribution in [3.8, 4) is 11.3 Å². The number of hydrogen-bond acceptors (Lipinski definition) is 7. The Kier molecular flexibility index (Phi) is 8.16. The smallest absolute Gasteiger partial charge is 0.261 e. The Morgan fingerprint density at radius 1 is 1.04 bits per heavy atom. The first-order valence-electron chi connectivity index (χ1n) is 19.0. The SMILES string of the molecule is CC(C)n1cnc2cc(-c3cnc4c(c3)N([C@H]3C[C@@](C)(N5CCC6C[C@@H]6C5)C3)C(=O)C4(C)C)nc(Nc3cc(C(=O)NC4(C(F)F)CC4)c(Cl)c(F)c3F)c21. The number of rotatable bonds is 9. The fraction of sp³-hybridized carbons (Fsp3) is 0.525. The first kappa shape index (κ1) is 36.3. The van der Waals surface area contributed by atoms with Crippen LogP contribution in [0.5, 0.6) is 0 Å². The van der Waals surface area contributed by atoms with E-state index in [4.69, 9.17) is 21.6 Å². The fourth-order valence-electron chi connectivity index (χ4n) is 9.10. The Hall–Kier alpha value is -4.30. The van der Waals surface area contributed by atoms with Crippen LogP contribution in [0.3, 0.4) is 0 Å².